The topological polar surface area (TPSA) is 175 Å². The van der Waals surface area contributed by atoms with Gasteiger partial charge in [0, 0.05) is 12.4 Å². The first-order valence-electron chi connectivity index (χ1n) is 3.52. The minimum absolute atomic E-state index is 0. The van der Waals surface area contributed by atoms with Crippen LogP contribution in [0.1, 0.15) is 12.8 Å². The number of carboxylic acid groups (broad SMARTS) is 3. The first-order valence-corrected chi connectivity index (χ1v) is 4.25. The number of hydrogen-bond donors (Lipinski definition) is 3. The molecule has 18 heavy (non-hydrogen) atoms. The predicted molar refractivity (Wildman–Crippen MR) is 42.1 cm³/mol. The average molecular weight is 300 g/mol. The van der Waals surface area contributed by atoms with Crippen molar-refractivity contribution in [2.75, 3.05) is 0 Å². The van der Waals surface area contributed by atoms with Crippen LogP contribution in [0.5, 0.6) is 0 Å². The van der Waals surface area contributed by atoms with E-state index >= 15 is 0 Å². The van der Waals surface area contributed by atoms with Crippen molar-refractivity contribution >= 4 is 26.6 Å². The van der Waals surface area contributed by atoms with Crippen molar-refractivity contribution in [1.29, 1.82) is 0 Å². The fourth-order valence-electron chi connectivity index (χ4n) is 0.703. The Morgan fingerprint density at radius 3 is 1.61 bits per heavy atom. The molecule has 0 heterocycles. The van der Waals surface area contributed by atoms with Crippen LogP contribution in [-0.2, 0) is 18.9 Å². The van der Waals surface area contributed by atoms with E-state index in [0.29, 0.717) is 0 Å². The van der Waals surface area contributed by atoms with Crippen molar-refractivity contribution in [3.8, 4) is 0 Å². The van der Waals surface area contributed by atoms with Crippen molar-refractivity contribution < 1.29 is 103 Å². The van der Waals surface area contributed by atoms with Gasteiger partial charge in [0.25, 0.3) is 0 Å². The maximum absolute atomic E-state index is 10.3. The van der Waals surface area contributed by atoms with E-state index in [4.69, 9.17) is 24.8 Å². The number of aliphatic hydroxyl groups is 1. The minimum atomic E-state index is -2.80. The summed E-state index contributed by atoms with van der Waals surface area (Å²) in [4.78, 5) is 38.7. The molecule has 0 aliphatic carbocycles. The molecule has 0 radical (unpaired) electrons. The Balaban J connectivity index is -0.000000177. The molecular formula is C6H7Na2O9P. The molecule has 12 heteroatoms. The summed E-state index contributed by atoms with van der Waals surface area (Å²) in [5, 5.41) is 35.5. The summed E-state index contributed by atoms with van der Waals surface area (Å²) < 4.78 is 8.35. The Morgan fingerprint density at radius 2 is 1.44 bits per heavy atom. The number of carboxylic acids is 3. The fourth-order valence-corrected chi connectivity index (χ4v) is 0.703. The fraction of sp³-hybridized carbons (Fsp3) is 0.500. The van der Waals surface area contributed by atoms with E-state index in [1.165, 1.54) is 0 Å². The quantitative estimate of drug-likeness (QED) is 0.328. The first kappa shape index (κ1) is 26.9. The van der Waals surface area contributed by atoms with Gasteiger partial charge in [-0.3, -0.25) is 9.36 Å². The van der Waals surface area contributed by atoms with Crippen molar-refractivity contribution in [2.45, 2.75) is 18.4 Å². The third-order valence-electron chi connectivity index (χ3n) is 1.28. The number of aliphatic carboxylic acids is 3. The standard InChI is InChI=1S/C6H8O7.2Na.HO2P/c7-3(8)1-6(13,5(11)12)2-4(9)10;;;1-3-2/h13H,1-2H2,(H,7,8)(H,9,10)(H,11,12);;;(H,1,2)/q;2*+1;/p-2. The molecular weight excluding hydrogens is 293 g/mol. The summed E-state index contributed by atoms with van der Waals surface area (Å²) in [5.41, 5.74) is -2.80. The zero-order valence-electron chi connectivity index (χ0n) is 9.65. The van der Waals surface area contributed by atoms with Crippen molar-refractivity contribution in [2.24, 2.45) is 0 Å². The average Bonchev–Trinajstić information content (AvgIpc) is 2.01. The van der Waals surface area contributed by atoms with Gasteiger partial charge in [0.2, 0.25) is 0 Å². The summed E-state index contributed by atoms with van der Waals surface area (Å²) in [6.45, 7) is 0. The molecule has 0 aliphatic heterocycles. The van der Waals surface area contributed by atoms with Gasteiger partial charge >= 0.3 is 71.1 Å². The van der Waals surface area contributed by atoms with Crippen molar-refractivity contribution in [3.63, 3.8) is 0 Å². The molecule has 0 rings (SSSR count). The van der Waals surface area contributed by atoms with Crippen molar-refractivity contribution in [3.05, 3.63) is 0 Å². The second-order valence-electron chi connectivity index (χ2n) is 2.53. The van der Waals surface area contributed by atoms with Gasteiger partial charge < -0.3 is 30.1 Å². The van der Waals surface area contributed by atoms with E-state index in [9.17, 15) is 19.5 Å². The molecule has 9 nitrogen and oxygen atoms in total. The number of carbonyl (C=O) groups is 3. The van der Waals surface area contributed by atoms with Gasteiger partial charge in [0.15, 0.2) is 5.60 Å². The summed E-state index contributed by atoms with van der Waals surface area (Å²) in [6.07, 6.45) is -2.44. The molecule has 0 fully saturated rings. The molecule has 1 atom stereocenters. The van der Waals surface area contributed by atoms with Gasteiger partial charge in [0.1, 0.15) is 0 Å². The Morgan fingerprint density at radius 1 is 1.11 bits per heavy atom. The SMILES string of the molecule is O=C([O-])CC(O)(CC(=O)O)C(=O)O.O=P[O-].[Na+].[Na+]. The molecule has 0 saturated carbocycles. The van der Waals surface area contributed by atoms with E-state index in [2.05, 4.69) is 0 Å². The van der Waals surface area contributed by atoms with Crippen LogP contribution in [0, 0.1) is 0 Å². The largest absolute Gasteiger partial charge is 1.00 e. The first-order chi connectivity index (χ1) is 7.19. The van der Waals surface area contributed by atoms with E-state index in [-0.39, 0.29) is 59.1 Å². The molecule has 92 valence electrons. The summed E-state index contributed by atoms with van der Waals surface area (Å²) in [5.74, 6) is -5.34. The number of rotatable bonds is 5. The second-order valence-corrected chi connectivity index (χ2v) is 2.68. The number of hydrogen-bond acceptors (Lipinski definition) is 7. The van der Waals surface area contributed by atoms with Gasteiger partial charge in [-0.1, -0.05) is 0 Å². The Hall–Kier alpha value is 0.430. The Kier molecular flexibility index (Phi) is 20.7. The van der Waals surface area contributed by atoms with E-state index in [1.807, 2.05) is 0 Å². The van der Waals surface area contributed by atoms with E-state index in [1.54, 1.807) is 0 Å². The van der Waals surface area contributed by atoms with Crippen LogP contribution in [0.2, 0.25) is 0 Å². The van der Waals surface area contributed by atoms with Crippen LogP contribution < -0.4 is 69.1 Å². The molecule has 0 amide bonds. The van der Waals surface area contributed by atoms with Gasteiger partial charge in [-0.25, -0.2) is 4.79 Å². The molecule has 0 bridgehead atoms. The molecule has 0 aromatic rings. The minimum Gasteiger partial charge on any atom is -0.772 e. The third kappa shape index (κ3) is 14.5. The van der Waals surface area contributed by atoms with Crippen molar-refractivity contribution in [1.82, 2.24) is 0 Å². The van der Waals surface area contributed by atoms with Gasteiger partial charge in [-0.2, -0.15) is 0 Å². The summed E-state index contributed by atoms with van der Waals surface area (Å²) in [7, 11) is -1.08. The third-order valence-corrected chi connectivity index (χ3v) is 1.28. The van der Waals surface area contributed by atoms with Gasteiger partial charge in [-0.15, -0.1) is 0 Å². The summed E-state index contributed by atoms with van der Waals surface area (Å²) in [6, 6.07) is 0. The van der Waals surface area contributed by atoms with Crippen LogP contribution >= 0.6 is 8.69 Å². The zero-order valence-corrected chi connectivity index (χ0v) is 14.5. The van der Waals surface area contributed by atoms with Crippen LogP contribution in [0.15, 0.2) is 0 Å². The Bertz CT molecular complexity index is 279. The molecule has 0 aromatic carbocycles. The molecule has 0 saturated heterocycles. The van der Waals surface area contributed by atoms with Crippen LogP contribution in [0.25, 0.3) is 0 Å². The van der Waals surface area contributed by atoms with E-state index in [0.717, 1.165) is 0 Å². The predicted octanol–water partition coefficient (Wildman–Crippen LogP) is -9.02. The van der Waals surface area contributed by atoms with Gasteiger partial charge in [0.05, 0.1) is 15.1 Å². The maximum Gasteiger partial charge on any atom is 1.00 e. The summed E-state index contributed by atoms with van der Waals surface area (Å²) >= 11 is 0. The molecule has 0 spiro atoms. The maximum atomic E-state index is 10.3. The van der Waals surface area contributed by atoms with Crippen LogP contribution in [0.4, 0.5) is 0 Å². The second kappa shape index (κ2) is 13.9. The normalized spacial score (nSPS) is 11.7. The molecule has 3 N–H and O–H groups in total. The zero-order chi connectivity index (χ0) is 13.4. The molecule has 0 aliphatic rings. The Labute approximate surface area is 147 Å². The van der Waals surface area contributed by atoms with Crippen LogP contribution in [-0.4, -0.2) is 38.8 Å². The molecule has 0 aromatic heterocycles. The van der Waals surface area contributed by atoms with E-state index < -0.39 is 45.0 Å². The monoisotopic (exact) mass is 300 g/mol. The smallest absolute Gasteiger partial charge is 0.772 e. The van der Waals surface area contributed by atoms with Crippen LogP contribution in [0.3, 0.4) is 0 Å². The van der Waals surface area contributed by atoms with Gasteiger partial charge in [-0.05, 0) is 0 Å². The number of carbonyl (C=O) groups excluding carboxylic acids is 1. The molecule has 1 unspecified atom stereocenters.